The van der Waals surface area contributed by atoms with Gasteiger partial charge in [-0.3, -0.25) is 9.55 Å². The van der Waals surface area contributed by atoms with Crippen LogP contribution in [0.3, 0.4) is 0 Å². The number of benzene rings is 8. The van der Waals surface area contributed by atoms with Gasteiger partial charge in [-0.25, -0.2) is 4.98 Å². The minimum absolute atomic E-state index is 0. The van der Waals surface area contributed by atoms with E-state index < -0.39 is 5.89 Å². The largest absolute Gasteiger partial charge is 0.507 e. The number of phenols is 1. The van der Waals surface area contributed by atoms with Crippen LogP contribution in [0.25, 0.3) is 95.0 Å². The Hall–Kier alpha value is -7.13. The topological polar surface area (TPSA) is 50.9 Å². The van der Waals surface area contributed by atoms with Gasteiger partial charge in [0, 0.05) is 40.0 Å². The molecule has 5 heteroatoms. The summed E-state index contributed by atoms with van der Waals surface area (Å²) in [5.74, 6) is -0.209. The summed E-state index contributed by atoms with van der Waals surface area (Å²) < 4.78 is 11.6. The maximum Gasteiger partial charge on any atom is 0.148 e. The molecule has 0 bridgehead atoms. The van der Waals surface area contributed by atoms with Crippen molar-refractivity contribution in [2.24, 2.45) is 0 Å². The number of fused-ring (bicyclic) bond motifs is 1. The van der Waals surface area contributed by atoms with Gasteiger partial charge in [0.2, 0.25) is 0 Å². The first-order chi connectivity index (χ1) is 31.9. The van der Waals surface area contributed by atoms with E-state index in [4.69, 9.17) is 9.97 Å². The summed E-state index contributed by atoms with van der Waals surface area (Å²) >= 11 is 0. The van der Waals surface area contributed by atoms with E-state index in [-0.39, 0.29) is 32.2 Å². The van der Waals surface area contributed by atoms with Crippen LogP contribution in [0.1, 0.15) is 53.0 Å². The van der Waals surface area contributed by atoms with E-state index >= 15 is 0 Å². The van der Waals surface area contributed by atoms with Crippen LogP contribution in [-0.4, -0.2) is 19.6 Å². The minimum Gasteiger partial charge on any atom is -0.507 e. The molecule has 0 radical (unpaired) electrons. The Morgan fingerprint density at radius 2 is 1.14 bits per heavy atom. The van der Waals surface area contributed by atoms with Crippen LogP contribution in [0.4, 0.5) is 0 Å². The molecule has 10 aromatic rings. The molecule has 0 atom stereocenters. The Morgan fingerprint density at radius 1 is 0.545 bits per heavy atom. The summed E-state index contributed by atoms with van der Waals surface area (Å²) in [5, 5.41) is 11.4. The molecule has 0 aliphatic heterocycles. The number of imidazole rings is 1. The monoisotopic (exact) mass is 1040 g/mol. The molecule has 10 rings (SSSR count). The van der Waals surface area contributed by atoms with E-state index in [2.05, 4.69) is 189 Å². The zero-order valence-corrected chi connectivity index (χ0v) is 39.9. The number of pyridine rings is 1. The van der Waals surface area contributed by atoms with Crippen LogP contribution >= 0.6 is 0 Å². The summed E-state index contributed by atoms with van der Waals surface area (Å²) in [6.45, 7) is 10.6. The van der Waals surface area contributed by atoms with Crippen molar-refractivity contribution in [1.29, 1.82) is 0 Å². The third-order valence-corrected chi connectivity index (χ3v) is 12.3. The summed E-state index contributed by atoms with van der Waals surface area (Å²) in [6.07, 6.45) is 1.87. The standard InChI is InChI=1S/C61H50N3O.Pt/c1-40(2)54-39-49(31-32-51(54)52-21-12-14-24-55(52)61(3,4)5)64-57-25-16-23-50(59(57)63-60(64)53-22-13-15-26-58(53)65)47-35-46(42-19-10-7-11-20-42)36-48(37-47)56-38-45(33-34-62-56)44-29-27-43(28-30-44)41-17-8-6-9-18-41;/h6-36,38-40,65H,1-5H3;/q-1;/i40D;. The van der Waals surface area contributed by atoms with E-state index in [0.29, 0.717) is 11.4 Å². The molecule has 0 spiro atoms. The Labute approximate surface area is 404 Å². The van der Waals surface area contributed by atoms with Crippen LogP contribution in [0, 0.1) is 6.07 Å². The summed E-state index contributed by atoms with van der Waals surface area (Å²) in [7, 11) is 0. The fourth-order valence-electron chi connectivity index (χ4n) is 9.01. The molecular weight excluding hydrogens is 986 g/mol. The number of aromatic nitrogens is 3. The second kappa shape index (κ2) is 18.4. The SMILES string of the molecule is [2H]C(C)(C)c1cc(-n2c(-c3ccccc3O)nc3c(-c4[c-]c(-c5cc(-c6ccc(-c7ccccc7)cc6)ccn5)cc(-c5ccccc5)c4)cccc32)ccc1-c1ccccc1C(C)(C)C.[Pt]. The fourth-order valence-corrected chi connectivity index (χ4v) is 9.01. The first-order valence-electron chi connectivity index (χ1n) is 22.7. The molecular formula is C61H50N3OPt-. The van der Waals surface area contributed by atoms with Crippen LogP contribution in [0.2, 0.25) is 0 Å². The van der Waals surface area contributed by atoms with Gasteiger partial charge >= 0.3 is 0 Å². The molecule has 0 aliphatic rings. The van der Waals surface area contributed by atoms with E-state index in [0.717, 1.165) is 78.0 Å². The van der Waals surface area contributed by atoms with Gasteiger partial charge in [-0.05, 0) is 97.8 Å². The third-order valence-electron chi connectivity index (χ3n) is 12.3. The van der Waals surface area contributed by atoms with Gasteiger partial charge in [0.05, 0.1) is 16.6 Å². The predicted molar refractivity (Wildman–Crippen MR) is 270 cm³/mol. The normalized spacial score (nSPS) is 11.9. The maximum absolute atomic E-state index is 11.4. The van der Waals surface area contributed by atoms with Crippen molar-refractivity contribution in [2.45, 2.75) is 45.9 Å². The van der Waals surface area contributed by atoms with E-state index in [9.17, 15) is 6.48 Å². The number of para-hydroxylation sites is 2. The van der Waals surface area contributed by atoms with Crippen LogP contribution in [-0.2, 0) is 26.5 Å². The van der Waals surface area contributed by atoms with Gasteiger partial charge < -0.3 is 5.11 Å². The average molecular weight is 1040 g/mol. The van der Waals surface area contributed by atoms with Gasteiger partial charge in [-0.1, -0.05) is 197 Å². The van der Waals surface area contributed by atoms with Crippen LogP contribution in [0.15, 0.2) is 200 Å². The van der Waals surface area contributed by atoms with Crippen molar-refractivity contribution in [3.8, 4) is 89.7 Å². The fraction of sp³-hybridized carbons (Fsp3) is 0.115. The minimum atomic E-state index is -0.937. The quantitative estimate of drug-likeness (QED) is 0.147. The summed E-state index contributed by atoms with van der Waals surface area (Å²) in [5.41, 5.74) is 17.3. The van der Waals surface area contributed by atoms with Crippen molar-refractivity contribution >= 4 is 11.0 Å². The molecule has 1 N–H and O–H groups in total. The molecule has 0 unspecified atom stereocenters. The van der Waals surface area contributed by atoms with E-state index in [1.165, 1.54) is 16.7 Å². The summed E-state index contributed by atoms with van der Waals surface area (Å²) in [6, 6.07) is 70.4. The Balaban J connectivity index is 0.00000562. The zero-order valence-electron chi connectivity index (χ0n) is 38.7. The number of hydrogen-bond acceptors (Lipinski definition) is 3. The number of hydrogen-bond donors (Lipinski definition) is 1. The average Bonchev–Trinajstić information content (AvgIpc) is 3.73. The molecule has 0 saturated heterocycles. The van der Waals surface area contributed by atoms with Gasteiger partial charge in [0.1, 0.15) is 11.6 Å². The number of nitrogens with zero attached hydrogens (tertiary/aromatic N) is 3. The van der Waals surface area contributed by atoms with Crippen LogP contribution in [0.5, 0.6) is 5.75 Å². The maximum atomic E-state index is 11.4. The first kappa shape index (κ1) is 42.8. The number of rotatable bonds is 9. The molecule has 0 fully saturated rings. The Kier molecular flexibility index (Phi) is 11.9. The van der Waals surface area contributed by atoms with Crippen molar-refractivity contribution < 1.29 is 27.5 Å². The predicted octanol–water partition coefficient (Wildman–Crippen LogP) is 16.0. The zero-order chi connectivity index (χ0) is 45.6. The van der Waals surface area contributed by atoms with Gasteiger partial charge in [-0.15, -0.1) is 23.8 Å². The van der Waals surface area contributed by atoms with Gasteiger partial charge in [0.15, 0.2) is 0 Å². The van der Waals surface area contributed by atoms with E-state index in [1.54, 1.807) is 6.07 Å². The summed E-state index contributed by atoms with van der Waals surface area (Å²) in [4.78, 5) is 10.3. The molecule has 2 aromatic heterocycles. The Bertz CT molecular complexity index is 3380. The smallest absolute Gasteiger partial charge is 0.148 e. The van der Waals surface area contributed by atoms with Crippen molar-refractivity contribution in [1.82, 2.24) is 14.5 Å². The van der Waals surface area contributed by atoms with Crippen molar-refractivity contribution in [3.05, 3.63) is 218 Å². The van der Waals surface area contributed by atoms with Crippen molar-refractivity contribution in [3.63, 3.8) is 0 Å². The van der Waals surface area contributed by atoms with Gasteiger partial charge in [-0.2, -0.15) is 0 Å². The second-order valence-electron chi connectivity index (χ2n) is 17.9. The van der Waals surface area contributed by atoms with Gasteiger partial charge in [0.25, 0.3) is 0 Å². The molecule has 0 saturated carbocycles. The third kappa shape index (κ3) is 8.58. The first-order valence-corrected chi connectivity index (χ1v) is 22.2. The van der Waals surface area contributed by atoms with E-state index in [1.807, 2.05) is 50.4 Å². The number of aromatic hydroxyl groups is 1. The molecule has 8 aromatic carbocycles. The second-order valence-corrected chi connectivity index (χ2v) is 17.9. The molecule has 326 valence electrons. The van der Waals surface area contributed by atoms with Crippen LogP contribution < -0.4 is 0 Å². The Morgan fingerprint density at radius 3 is 1.82 bits per heavy atom. The molecule has 4 nitrogen and oxygen atoms in total. The molecule has 0 aliphatic carbocycles. The number of phenolic OH excluding ortho intramolecular Hbond substituents is 1. The molecule has 2 heterocycles. The molecule has 66 heavy (non-hydrogen) atoms. The van der Waals surface area contributed by atoms with Crippen molar-refractivity contribution in [2.75, 3.05) is 0 Å². The molecule has 0 amide bonds.